The molecular formula is C17H18N2O. The molecule has 3 rings (SSSR count). The van der Waals surface area contributed by atoms with E-state index in [1.54, 1.807) is 0 Å². The van der Waals surface area contributed by atoms with Crippen LogP contribution >= 0.6 is 0 Å². The summed E-state index contributed by atoms with van der Waals surface area (Å²) in [7, 11) is 4.02. The Kier molecular flexibility index (Phi) is 2.97. The average molecular weight is 266 g/mol. The zero-order chi connectivity index (χ0) is 14.3. The summed E-state index contributed by atoms with van der Waals surface area (Å²) in [6.07, 6.45) is 0. The lowest BCUT2D eigenvalue weighted by Crippen LogP contribution is -2.23. The molecule has 0 radical (unpaired) electrons. The second kappa shape index (κ2) is 4.67. The Bertz CT molecular complexity index is 659. The molecule has 0 bridgehead atoms. The van der Waals surface area contributed by atoms with Crippen LogP contribution in [0.2, 0.25) is 0 Å². The van der Waals surface area contributed by atoms with E-state index in [1.165, 1.54) is 0 Å². The van der Waals surface area contributed by atoms with Gasteiger partial charge in [-0.1, -0.05) is 17.7 Å². The molecule has 1 amide bonds. The Morgan fingerprint density at radius 2 is 1.75 bits per heavy atom. The lowest BCUT2D eigenvalue weighted by molar-refractivity contribution is 0.0996. The number of anilines is 2. The van der Waals surface area contributed by atoms with Crippen molar-refractivity contribution in [3.8, 4) is 0 Å². The normalized spacial score (nSPS) is 13.6. The number of aryl methyl sites for hydroxylation is 1. The number of carbonyl (C=O) groups excluding carboxylic acids is 1. The summed E-state index contributed by atoms with van der Waals surface area (Å²) >= 11 is 0. The summed E-state index contributed by atoms with van der Waals surface area (Å²) < 4.78 is 0. The molecule has 102 valence electrons. The van der Waals surface area contributed by atoms with E-state index in [4.69, 9.17) is 0 Å². The quantitative estimate of drug-likeness (QED) is 0.833. The van der Waals surface area contributed by atoms with Crippen molar-refractivity contribution in [2.75, 3.05) is 23.9 Å². The van der Waals surface area contributed by atoms with Gasteiger partial charge in [-0.15, -0.1) is 0 Å². The maximum Gasteiger partial charge on any atom is 0.258 e. The van der Waals surface area contributed by atoms with Crippen LogP contribution in [0.4, 0.5) is 11.4 Å². The second-order valence-electron chi connectivity index (χ2n) is 5.46. The lowest BCUT2D eigenvalue weighted by Gasteiger charge is -2.18. The standard InChI is InChI=1S/C17H18N2O/c1-12-4-5-13-11-19(17(20)16(13)10-12)15-8-6-14(7-9-15)18(2)3/h4-10H,11H2,1-3H3. The molecule has 0 N–H and O–H groups in total. The number of hydrogen-bond donors (Lipinski definition) is 0. The molecule has 2 aromatic carbocycles. The van der Waals surface area contributed by atoms with Crippen molar-refractivity contribution in [1.82, 2.24) is 0 Å². The van der Waals surface area contributed by atoms with Gasteiger partial charge in [0.2, 0.25) is 0 Å². The van der Waals surface area contributed by atoms with Crippen LogP contribution in [0, 0.1) is 6.92 Å². The van der Waals surface area contributed by atoms with Crippen molar-refractivity contribution in [1.29, 1.82) is 0 Å². The summed E-state index contributed by atoms with van der Waals surface area (Å²) in [4.78, 5) is 16.4. The van der Waals surface area contributed by atoms with E-state index in [0.717, 1.165) is 28.1 Å². The summed E-state index contributed by atoms with van der Waals surface area (Å²) in [5.41, 5.74) is 5.16. The molecule has 3 nitrogen and oxygen atoms in total. The number of carbonyl (C=O) groups is 1. The summed E-state index contributed by atoms with van der Waals surface area (Å²) in [5.74, 6) is 0.0984. The van der Waals surface area contributed by atoms with Gasteiger partial charge >= 0.3 is 0 Å². The largest absolute Gasteiger partial charge is 0.378 e. The predicted octanol–water partition coefficient (Wildman–Crippen LogP) is 3.22. The average Bonchev–Trinajstić information content (AvgIpc) is 2.76. The molecule has 0 aromatic heterocycles. The SMILES string of the molecule is Cc1ccc2c(c1)C(=O)N(c1ccc(N(C)C)cc1)C2. The van der Waals surface area contributed by atoms with Crippen LogP contribution in [-0.2, 0) is 6.54 Å². The Morgan fingerprint density at radius 1 is 1.05 bits per heavy atom. The minimum absolute atomic E-state index is 0.0984. The molecule has 0 saturated heterocycles. The highest BCUT2D eigenvalue weighted by molar-refractivity contribution is 6.10. The molecule has 0 fully saturated rings. The third-order valence-corrected chi connectivity index (χ3v) is 3.75. The highest BCUT2D eigenvalue weighted by Crippen LogP contribution is 2.29. The van der Waals surface area contributed by atoms with Gasteiger partial charge in [-0.3, -0.25) is 4.79 Å². The van der Waals surface area contributed by atoms with Crippen LogP contribution in [0.3, 0.4) is 0 Å². The fourth-order valence-corrected chi connectivity index (χ4v) is 2.55. The summed E-state index contributed by atoms with van der Waals surface area (Å²) in [6.45, 7) is 2.68. The predicted molar refractivity (Wildman–Crippen MR) is 82.5 cm³/mol. The van der Waals surface area contributed by atoms with E-state index in [1.807, 2.05) is 61.2 Å². The zero-order valence-corrected chi connectivity index (χ0v) is 12.1. The van der Waals surface area contributed by atoms with Gasteiger partial charge in [0.05, 0.1) is 6.54 Å². The van der Waals surface area contributed by atoms with Crippen molar-refractivity contribution >= 4 is 17.3 Å². The Labute approximate surface area is 119 Å². The van der Waals surface area contributed by atoms with E-state index >= 15 is 0 Å². The molecular weight excluding hydrogens is 248 g/mol. The fourth-order valence-electron chi connectivity index (χ4n) is 2.55. The van der Waals surface area contributed by atoms with Crippen LogP contribution in [0.1, 0.15) is 21.5 Å². The molecule has 0 unspecified atom stereocenters. The molecule has 1 aliphatic heterocycles. The van der Waals surface area contributed by atoms with E-state index < -0.39 is 0 Å². The van der Waals surface area contributed by atoms with Crippen LogP contribution < -0.4 is 9.80 Å². The molecule has 0 aliphatic carbocycles. The Hall–Kier alpha value is -2.29. The molecule has 1 aliphatic rings. The minimum Gasteiger partial charge on any atom is -0.378 e. The smallest absolute Gasteiger partial charge is 0.258 e. The highest BCUT2D eigenvalue weighted by atomic mass is 16.2. The van der Waals surface area contributed by atoms with E-state index in [2.05, 4.69) is 12.1 Å². The van der Waals surface area contributed by atoms with Crippen molar-refractivity contribution in [2.45, 2.75) is 13.5 Å². The lowest BCUT2D eigenvalue weighted by atomic mass is 10.1. The van der Waals surface area contributed by atoms with Crippen LogP contribution in [-0.4, -0.2) is 20.0 Å². The van der Waals surface area contributed by atoms with Gasteiger partial charge in [-0.05, 0) is 42.8 Å². The van der Waals surface area contributed by atoms with E-state index in [9.17, 15) is 4.79 Å². The van der Waals surface area contributed by atoms with E-state index in [0.29, 0.717) is 6.54 Å². The van der Waals surface area contributed by atoms with Crippen molar-refractivity contribution in [3.63, 3.8) is 0 Å². The van der Waals surface area contributed by atoms with Crippen molar-refractivity contribution in [3.05, 3.63) is 59.2 Å². The van der Waals surface area contributed by atoms with Gasteiger partial charge in [-0.2, -0.15) is 0 Å². The highest BCUT2D eigenvalue weighted by Gasteiger charge is 2.28. The second-order valence-corrected chi connectivity index (χ2v) is 5.46. The molecule has 0 saturated carbocycles. The monoisotopic (exact) mass is 266 g/mol. The fraction of sp³-hybridized carbons (Fsp3) is 0.235. The number of rotatable bonds is 2. The third kappa shape index (κ3) is 2.05. The summed E-state index contributed by atoms with van der Waals surface area (Å²) in [6, 6.07) is 14.2. The third-order valence-electron chi connectivity index (χ3n) is 3.75. The number of nitrogens with zero attached hydrogens (tertiary/aromatic N) is 2. The van der Waals surface area contributed by atoms with Gasteiger partial charge in [0.1, 0.15) is 0 Å². The molecule has 3 heteroatoms. The van der Waals surface area contributed by atoms with Crippen LogP contribution in [0.5, 0.6) is 0 Å². The number of fused-ring (bicyclic) bond motifs is 1. The first-order chi connectivity index (χ1) is 9.56. The van der Waals surface area contributed by atoms with Gasteiger partial charge in [0.15, 0.2) is 0 Å². The Balaban J connectivity index is 1.92. The molecule has 2 aromatic rings. The number of hydrogen-bond acceptors (Lipinski definition) is 2. The summed E-state index contributed by atoms with van der Waals surface area (Å²) in [5, 5.41) is 0. The van der Waals surface area contributed by atoms with Gasteiger partial charge in [0.25, 0.3) is 5.91 Å². The Morgan fingerprint density at radius 3 is 2.40 bits per heavy atom. The maximum atomic E-state index is 12.5. The topological polar surface area (TPSA) is 23.6 Å². The van der Waals surface area contributed by atoms with Crippen molar-refractivity contribution in [2.24, 2.45) is 0 Å². The first kappa shape index (κ1) is 12.7. The minimum atomic E-state index is 0.0984. The van der Waals surface area contributed by atoms with E-state index in [-0.39, 0.29) is 5.91 Å². The zero-order valence-electron chi connectivity index (χ0n) is 12.1. The van der Waals surface area contributed by atoms with Crippen LogP contribution in [0.25, 0.3) is 0 Å². The first-order valence-electron chi connectivity index (χ1n) is 6.75. The molecule has 0 spiro atoms. The molecule has 20 heavy (non-hydrogen) atoms. The van der Waals surface area contributed by atoms with Gasteiger partial charge < -0.3 is 9.80 Å². The first-order valence-corrected chi connectivity index (χ1v) is 6.75. The maximum absolute atomic E-state index is 12.5. The molecule has 0 atom stereocenters. The number of amides is 1. The van der Waals surface area contributed by atoms with Crippen LogP contribution in [0.15, 0.2) is 42.5 Å². The van der Waals surface area contributed by atoms with Crippen molar-refractivity contribution < 1.29 is 4.79 Å². The number of benzene rings is 2. The van der Waals surface area contributed by atoms with Gasteiger partial charge in [0, 0.05) is 31.0 Å². The van der Waals surface area contributed by atoms with Gasteiger partial charge in [-0.25, -0.2) is 0 Å². The molecule has 1 heterocycles.